The van der Waals surface area contributed by atoms with Crippen LogP contribution in [-0.4, -0.2) is 61.2 Å². The van der Waals surface area contributed by atoms with E-state index < -0.39 is 45.8 Å². The highest BCUT2D eigenvalue weighted by Gasteiger charge is 2.76. The first kappa shape index (κ1) is 24.9. The fourth-order valence-corrected chi connectivity index (χ4v) is 8.47. The highest BCUT2D eigenvalue weighted by atomic mass is 16.6. The number of hydrogen-bond acceptors (Lipinski definition) is 7. The Balaban J connectivity index is 1.54. The van der Waals surface area contributed by atoms with Gasteiger partial charge in [0.2, 0.25) is 0 Å². The van der Waals surface area contributed by atoms with Gasteiger partial charge in [-0.15, -0.1) is 0 Å². The fraction of sp³-hybridized carbons (Fsp3) is 0.714. The van der Waals surface area contributed by atoms with E-state index in [9.17, 15) is 30.0 Å². The fourth-order valence-electron chi connectivity index (χ4n) is 8.47. The molecule has 1 heterocycles. The summed E-state index contributed by atoms with van der Waals surface area (Å²) in [4.78, 5) is 25.6. The minimum Gasteiger partial charge on any atom is -0.455 e. The van der Waals surface area contributed by atoms with Crippen LogP contribution >= 0.6 is 0 Å². The van der Waals surface area contributed by atoms with Crippen molar-refractivity contribution in [3.8, 4) is 0 Å². The van der Waals surface area contributed by atoms with Crippen LogP contribution in [0.2, 0.25) is 0 Å². The number of rotatable bonds is 2. The number of esters is 1. The molecule has 0 aromatic rings. The third kappa shape index (κ3) is 2.81. The Morgan fingerprint density at radius 3 is 2.43 bits per heavy atom. The molecule has 0 saturated heterocycles. The number of aliphatic hydroxyl groups excluding tert-OH is 1. The summed E-state index contributed by atoms with van der Waals surface area (Å²) in [5, 5.41) is 47.1. The number of ether oxygens (including phenoxy) is 1. The number of cyclic esters (lactones) is 1. The van der Waals surface area contributed by atoms with Crippen LogP contribution in [0, 0.1) is 22.7 Å². The molecule has 4 aliphatic carbocycles. The molecule has 0 bridgehead atoms. The quantitative estimate of drug-likeness (QED) is 0.349. The van der Waals surface area contributed by atoms with Crippen molar-refractivity contribution < 1.29 is 34.8 Å². The minimum atomic E-state index is -1.80. The average Bonchev–Trinajstić information content (AvgIpc) is 3.02. The Bertz CT molecular complexity index is 1080. The number of fused-ring (bicyclic) bond motifs is 5. The van der Waals surface area contributed by atoms with Crippen LogP contribution in [0.5, 0.6) is 0 Å². The Hall–Kier alpha value is -1.80. The van der Waals surface area contributed by atoms with Gasteiger partial charge < -0.3 is 25.2 Å². The topological polar surface area (TPSA) is 124 Å². The van der Waals surface area contributed by atoms with Crippen LogP contribution in [0.15, 0.2) is 34.9 Å². The van der Waals surface area contributed by atoms with Crippen molar-refractivity contribution in [3.05, 3.63) is 34.9 Å². The van der Waals surface area contributed by atoms with Gasteiger partial charge in [0.05, 0.1) is 17.1 Å². The summed E-state index contributed by atoms with van der Waals surface area (Å²) in [5.74, 6) is -1.08. The zero-order valence-corrected chi connectivity index (χ0v) is 21.3. The van der Waals surface area contributed by atoms with E-state index in [4.69, 9.17) is 4.74 Å². The lowest BCUT2D eigenvalue weighted by molar-refractivity contribution is -0.279. The summed E-state index contributed by atoms with van der Waals surface area (Å²) in [5.41, 5.74) is -4.81. The van der Waals surface area contributed by atoms with E-state index in [0.29, 0.717) is 36.8 Å². The van der Waals surface area contributed by atoms with Crippen LogP contribution in [0.4, 0.5) is 0 Å². The van der Waals surface area contributed by atoms with Crippen molar-refractivity contribution in [1.29, 1.82) is 0 Å². The summed E-state index contributed by atoms with van der Waals surface area (Å²) in [7, 11) is 0. The van der Waals surface area contributed by atoms with Crippen molar-refractivity contribution in [2.75, 3.05) is 0 Å². The van der Waals surface area contributed by atoms with Gasteiger partial charge in [-0.3, -0.25) is 4.79 Å². The number of ketones is 1. The van der Waals surface area contributed by atoms with Crippen LogP contribution in [0.3, 0.4) is 0 Å². The monoisotopic (exact) mass is 486 g/mol. The maximum absolute atomic E-state index is 13.1. The SMILES string of the molecule is CC1=C(C)C(=O)OC([C@](C)(O)[C@]2(O)CC[C@@]3(O)[C@@H]4CC=C5[C@@H](O)C=CC(=O)[C@]5(C)[C@H]4CC[C@]23C)C1. The van der Waals surface area contributed by atoms with Gasteiger partial charge in [0, 0.05) is 17.4 Å². The van der Waals surface area contributed by atoms with Crippen molar-refractivity contribution in [2.24, 2.45) is 22.7 Å². The molecule has 9 atom stereocenters. The van der Waals surface area contributed by atoms with E-state index in [0.717, 1.165) is 5.57 Å². The Morgan fingerprint density at radius 2 is 1.77 bits per heavy atom. The first-order valence-electron chi connectivity index (χ1n) is 12.8. The first-order valence-corrected chi connectivity index (χ1v) is 12.8. The molecule has 2 saturated carbocycles. The zero-order valence-electron chi connectivity index (χ0n) is 21.3. The van der Waals surface area contributed by atoms with Crippen molar-refractivity contribution >= 4 is 11.8 Å². The molecule has 7 nitrogen and oxygen atoms in total. The van der Waals surface area contributed by atoms with E-state index in [1.165, 1.54) is 19.1 Å². The maximum Gasteiger partial charge on any atom is 0.334 e. The van der Waals surface area contributed by atoms with Crippen LogP contribution < -0.4 is 0 Å². The predicted octanol–water partition coefficient (Wildman–Crippen LogP) is 2.51. The second-order valence-corrected chi connectivity index (χ2v) is 12.3. The van der Waals surface area contributed by atoms with E-state index in [2.05, 4.69) is 0 Å². The average molecular weight is 487 g/mol. The van der Waals surface area contributed by atoms with Crippen molar-refractivity contribution in [1.82, 2.24) is 0 Å². The second kappa shape index (κ2) is 7.37. The molecular weight excluding hydrogens is 448 g/mol. The van der Waals surface area contributed by atoms with Gasteiger partial charge in [0.1, 0.15) is 17.3 Å². The summed E-state index contributed by atoms with van der Waals surface area (Å²) in [6, 6.07) is 0. The minimum absolute atomic E-state index is 0.0667. The molecule has 4 N–H and O–H groups in total. The van der Waals surface area contributed by atoms with E-state index in [1.807, 2.05) is 26.8 Å². The highest BCUT2D eigenvalue weighted by Crippen LogP contribution is 2.70. The van der Waals surface area contributed by atoms with Gasteiger partial charge in [-0.1, -0.05) is 18.6 Å². The van der Waals surface area contributed by atoms with E-state index in [1.54, 1.807) is 6.92 Å². The first-order chi connectivity index (χ1) is 16.1. The number of allylic oxidation sites excluding steroid dienone is 2. The Kier molecular flexibility index (Phi) is 5.24. The largest absolute Gasteiger partial charge is 0.455 e. The molecule has 35 heavy (non-hydrogen) atoms. The van der Waals surface area contributed by atoms with Gasteiger partial charge in [0.25, 0.3) is 0 Å². The molecular formula is C28H38O7. The molecule has 0 aromatic carbocycles. The number of carbonyl (C=O) groups is 2. The van der Waals surface area contributed by atoms with E-state index >= 15 is 0 Å². The van der Waals surface area contributed by atoms with Crippen LogP contribution in [0.1, 0.15) is 73.1 Å². The molecule has 1 aliphatic heterocycles. The summed E-state index contributed by atoms with van der Waals surface area (Å²) in [6.07, 6.45) is 5.28. The summed E-state index contributed by atoms with van der Waals surface area (Å²) < 4.78 is 5.61. The standard InChI is InChI=1S/C28H38O7/c1-15-14-22(35-23(31)16(15)2)26(5,32)28(34)13-12-27(33)18-6-7-19-20(29)8-9-21(30)25(19,4)17(18)10-11-24(27,28)3/h7-9,17-18,20,22,29,32-34H,6,10-14H2,1-5H3/t17-,18+,20-,22?,24-,25+,26-,27+,28-/m0/s1. The number of carbonyl (C=O) groups excluding carboxylic acids is 2. The second-order valence-electron chi connectivity index (χ2n) is 12.3. The van der Waals surface area contributed by atoms with Gasteiger partial charge in [-0.25, -0.2) is 4.79 Å². The predicted molar refractivity (Wildman–Crippen MR) is 128 cm³/mol. The molecule has 192 valence electrons. The lowest BCUT2D eigenvalue weighted by atomic mass is 9.44. The maximum atomic E-state index is 13.1. The molecule has 2 fully saturated rings. The third-order valence-corrected chi connectivity index (χ3v) is 11.1. The summed E-state index contributed by atoms with van der Waals surface area (Å²) >= 11 is 0. The lowest BCUT2D eigenvalue weighted by Crippen LogP contribution is -2.72. The molecule has 1 unspecified atom stereocenters. The number of hydrogen-bond donors (Lipinski definition) is 4. The van der Waals surface area contributed by atoms with Crippen molar-refractivity contribution in [3.63, 3.8) is 0 Å². The van der Waals surface area contributed by atoms with Crippen LogP contribution in [-0.2, 0) is 14.3 Å². The molecule has 0 radical (unpaired) electrons. The smallest absolute Gasteiger partial charge is 0.334 e. The van der Waals surface area contributed by atoms with Gasteiger partial charge >= 0.3 is 5.97 Å². The van der Waals surface area contributed by atoms with Crippen LogP contribution in [0.25, 0.3) is 0 Å². The van der Waals surface area contributed by atoms with Gasteiger partial charge in [-0.2, -0.15) is 0 Å². The highest BCUT2D eigenvalue weighted by molar-refractivity contribution is 5.99. The lowest BCUT2D eigenvalue weighted by Gasteiger charge is -2.63. The molecule has 0 aromatic heterocycles. The van der Waals surface area contributed by atoms with Gasteiger partial charge in [-0.05, 0) is 89.4 Å². The van der Waals surface area contributed by atoms with E-state index in [-0.39, 0.29) is 30.5 Å². The van der Waals surface area contributed by atoms with Crippen molar-refractivity contribution in [2.45, 2.75) is 102 Å². The molecule has 5 aliphatic rings. The molecule has 0 spiro atoms. The Morgan fingerprint density at radius 1 is 1.09 bits per heavy atom. The molecule has 5 rings (SSSR count). The normalized spacial score (nSPS) is 49.0. The number of aliphatic hydroxyl groups is 4. The van der Waals surface area contributed by atoms with Gasteiger partial charge in [0.15, 0.2) is 5.78 Å². The Labute approximate surface area is 206 Å². The molecule has 7 heteroatoms. The zero-order chi connectivity index (χ0) is 25.8. The third-order valence-electron chi connectivity index (χ3n) is 11.1. The molecule has 0 amide bonds. The summed E-state index contributed by atoms with van der Waals surface area (Å²) in [6.45, 7) is 8.75.